The van der Waals surface area contributed by atoms with Gasteiger partial charge in [-0.15, -0.1) is 0 Å². The third-order valence-corrected chi connectivity index (χ3v) is 6.22. The Hall–Kier alpha value is -1.49. The fraction of sp³-hybridized carbons (Fsp3) is 0.471. The van der Waals surface area contributed by atoms with Gasteiger partial charge in [0.05, 0.1) is 34.9 Å². The molecule has 27 heavy (non-hydrogen) atoms. The van der Waals surface area contributed by atoms with Gasteiger partial charge in [0.25, 0.3) is 0 Å². The monoisotopic (exact) mass is 413 g/mol. The number of hydrogen-bond acceptors (Lipinski definition) is 7. The van der Waals surface area contributed by atoms with Crippen molar-refractivity contribution in [1.82, 2.24) is 15.1 Å². The first-order valence-corrected chi connectivity index (χ1v) is 10.8. The van der Waals surface area contributed by atoms with Crippen molar-refractivity contribution in [2.75, 3.05) is 12.9 Å². The SMILES string of the molecule is CS(=O)(=O)c1ccc(CNC2C3COC(O3)C(n3cc(Cl)cn3)C2O)cc1. The number of aromatic nitrogens is 2. The quantitative estimate of drug-likeness (QED) is 0.745. The molecule has 10 heteroatoms. The minimum absolute atomic E-state index is 0.273. The molecule has 5 atom stereocenters. The minimum atomic E-state index is -3.22. The van der Waals surface area contributed by atoms with E-state index in [2.05, 4.69) is 10.4 Å². The second kappa shape index (κ2) is 7.16. The zero-order valence-corrected chi connectivity index (χ0v) is 16.1. The van der Waals surface area contributed by atoms with Crippen LogP contribution in [0.2, 0.25) is 5.02 Å². The summed E-state index contributed by atoms with van der Waals surface area (Å²) >= 11 is 5.95. The summed E-state index contributed by atoms with van der Waals surface area (Å²) in [5.74, 6) is 0. The molecule has 146 valence electrons. The van der Waals surface area contributed by atoms with Gasteiger partial charge in [0, 0.05) is 19.0 Å². The molecule has 0 radical (unpaired) electrons. The largest absolute Gasteiger partial charge is 0.389 e. The molecule has 0 aliphatic carbocycles. The predicted octanol–water partition coefficient (Wildman–Crippen LogP) is 0.755. The van der Waals surface area contributed by atoms with Crippen LogP contribution in [-0.2, 0) is 25.9 Å². The normalized spacial score (nSPS) is 30.6. The van der Waals surface area contributed by atoms with Crippen LogP contribution in [-0.4, -0.2) is 60.7 Å². The van der Waals surface area contributed by atoms with Gasteiger partial charge in [-0.1, -0.05) is 23.7 Å². The first kappa shape index (κ1) is 18.9. The lowest BCUT2D eigenvalue weighted by molar-refractivity contribution is -0.168. The van der Waals surface area contributed by atoms with Gasteiger partial charge in [-0.05, 0) is 17.7 Å². The van der Waals surface area contributed by atoms with Gasteiger partial charge >= 0.3 is 0 Å². The second-order valence-corrected chi connectivity index (χ2v) is 9.27. The van der Waals surface area contributed by atoms with Crippen molar-refractivity contribution in [3.8, 4) is 0 Å². The van der Waals surface area contributed by atoms with Crippen molar-refractivity contribution < 1.29 is 23.0 Å². The van der Waals surface area contributed by atoms with Crippen molar-refractivity contribution >= 4 is 21.4 Å². The first-order valence-electron chi connectivity index (χ1n) is 8.50. The molecule has 0 saturated carbocycles. The van der Waals surface area contributed by atoms with E-state index < -0.39 is 28.3 Å². The third-order valence-electron chi connectivity index (χ3n) is 4.90. The van der Waals surface area contributed by atoms with Crippen LogP contribution in [0.15, 0.2) is 41.6 Å². The van der Waals surface area contributed by atoms with Gasteiger partial charge in [-0.2, -0.15) is 5.10 Å². The van der Waals surface area contributed by atoms with E-state index in [9.17, 15) is 13.5 Å². The molecule has 5 unspecified atom stereocenters. The number of nitrogens with zero attached hydrogens (tertiary/aromatic N) is 2. The average Bonchev–Trinajstić information content (AvgIpc) is 3.23. The van der Waals surface area contributed by atoms with Gasteiger partial charge < -0.3 is 19.9 Å². The van der Waals surface area contributed by atoms with E-state index in [-0.39, 0.29) is 17.0 Å². The standard InChI is InChI=1S/C17H20ClN3O5S/c1-27(23,24)12-4-2-10(3-5-12)6-19-14-13-9-25-17(26-13)15(16(14)22)21-8-11(18)7-20-21/h2-5,7-8,13-17,19,22H,6,9H2,1H3. The van der Waals surface area contributed by atoms with Crippen molar-refractivity contribution in [2.45, 2.75) is 42.0 Å². The van der Waals surface area contributed by atoms with Crippen molar-refractivity contribution in [1.29, 1.82) is 0 Å². The molecule has 0 spiro atoms. The fourth-order valence-electron chi connectivity index (χ4n) is 3.50. The van der Waals surface area contributed by atoms with E-state index in [1.54, 1.807) is 35.1 Å². The van der Waals surface area contributed by atoms with Crippen LogP contribution in [0.4, 0.5) is 0 Å². The Bertz CT molecular complexity index is 917. The topological polar surface area (TPSA) is 103 Å². The number of hydrogen-bond donors (Lipinski definition) is 2. The van der Waals surface area contributed by atoms with Crippen LogP contribution in [0.5, 0.6) is 0 Å². The molecule has 2 fully saturated rings. The Kier molecular flexibility index (Phi) is 5.00. The Balaban J connectivity index is 1.48. The fourth-order valence-corrected chi connectivity index (χ4v) is 4.28. The zero-order valence-electron chi connectivity index (χ0n) is 14.5. The highest BCUT2D eigenvalue weighted by Gasteiger charge is 2.51. The smallest absolute Gasteiger partial charge is 0.183 e. The molecule has 1 aromatic heterocycles. The predicted molar refractivity (Wildman–Crippen MR) is 97.1 cm³/mol. The van der Waals surface area contributed by atoms with E-state index in [1.165, 1.54) is 12.5 Å². The maximum Gasteiger partial charge on any atom is 0.183 e. The number of halogens is 1. The van der Waals surface area contributed by atoms with E-state index in [0.717, 1.165) is 5.56 Å². The number of fused-ring (bicyclic) bond motifs is 2. The summed E-state index contributed by atoms with van der Waals surface area (Å²) in [6.07, 6.45) is 2.66. The molecule has 2 aromatic rings. The third kappa shape index (κ3) is 3.75. The number of benzene rings is 1. The van der Waals surface area contributed by atoms with E-state index in [4.69, 9.17) is 21.1 Å². The van der Waals surface area contributed by atoms with Crippen LogP contribution in [0.1, 0.15) is 11.6 Å². The molecular weight excluding hydrogens is 394 g/mol. The highest BCUT2D eigenvalue weighted by atomic mass is 35.5. The van der Waals surface area contributed by atoms with Gasteiger partial charge in [0.1, 0.15) is 12.1 Å². The molecule has 4 rings (SSSR count). The molecule has 1 aromatic carbocycles. The van der Waals surface area contributed by atoms with Gasteiger partial charge in [0.2, 0.25) is 0 Å². The van der Waals surface area contributed by atoms with Crippen LogP contribution >= 0.6 is 11.6 Å². The van der Waals surface area contributed by atoms with Gasteiger partial charge in [-0.3, -0.25) is 4.68 Å². The molecule has 2 aliphatic heterocycles. The van der Waals surface area contributed by atoms with Crippen LogP contribution in [0.25, 0.3) is 0 Å². The summed E-state index contributed by atoms with van der Waals surface area (Å²) in [7, 11) is -3.22. The summed E-state index contributed by atoms with van der Waals surface area (Å²) in [6.45, 7) is 0.820. The Labute approximate surface area is 162 Å². The number of nitrogens with one attached hydrogen (secondary N) is 1. The number of aliphatic hydroxyl groups is 1. The summed E-state index contributed by atoms with van der Waals surface area (Å²) in [5.41, 5.74) is 0.898. The summed E-state index contributed by atoms with van der Waals surface area (Å²) in [5, 5.41) is 18.8. The van der Waals surface area contributed by atoms with Crippen LogP contribution in [0.3, 0.4) is 0 Å². The molecule has 2 saturated heterocycles. The van der Waals surface area contributed by atoms with E-state index >= 15 is 0 Å². The highest BCUT2D eigenvalue weighted by Crippen LogP contribution is 2.35. The Morgan fingerprint density at radius 2 is 2.11 bits per heavy atom. The average molecular weight is 414 g/mol. The maximum atomic E-state index is 11.6. The lowest BCUT2D eigenvalue weighted by Crippen LogP contribution is -2.57. The van der Waals surface area contributed by atoms with Crippen molar-refractivity contribution in [3.63, 3.8) is 0 Å². The van der Waals surface area contributed by atoms with E-state index in [1.807, 2.05) is 0 Å². The summed E-state index contributed by atoms with van der Waals surface area (Å²) in [4.78, 5) is 0.273. The number of sulfone groups is 1. The van der Waals surface area contributed by atoms with Gasteiger partial charge in [0.15, 0.2) is 16.1 Å². The highest BCUT2D eigenvalue weighted by molar-refractivity contribution is 7.90. The first-order chi connectivity index (χ1) is 12.8. The molecular formula is C17H20ClN3O5S. The molecule has 0 amide bonds. The molecule has 2 bridgehead atoms. The van der Waals surface area contributed by atoms with Crippen molar-refractivity contribution in [3.05, 3.63) is 47.2 Å². The van der Waals surface area contributed by atoms with Gasteiger partial charge in [-0.25, -0.2) is 8.42 Å². The van der Waals surface area contributed by atoms with Crippen LogP contribution < -0.4 is 5.32 Å². The molecule has 2 N–H and O–H groups in total. The minimum Gasteiger partial charge on any atom is -0.389 e. The summed E-state index contributed by atoms with van der Waals surface area (Å²) < 4.78 is 36.2. The van der Waals surface area contributed by atoms with Crippen molar-refractivity contribution in [2.24, 2.45) is 0 Å². The Morgan fingerprint density at radius 1 is 1.37 bits per heavy atom. The lowest BCUT2D eigenvalue weighted by Gasteiger charge is -2.38. The second-order valence-electron chi connectivity index (χ2n) is 6.82. The zero-order chi connectivity index (χ0) is 19.2. The maximum absolute atomic E-state index is 11.6. The molecule has 8 nitrogen and oxygen atoms in total. The summed E-state index contributed by atoms with van der Waals surface area (Å²) in [6, 6.07) is 5.76. The van der Waals surface area contributed by atoms with Crippen LogP contribution in [0, 0.1) is 0 Å². The molecule has 3 heterocycles. The van der Waals surface area contributed by atoms with E-state index in [0.29, 0.717) is 18.2 Å². The number of aliphatic hydroxyl groups excluding tert-OH is 1. The number of ether oxygens (including phenoxy) is 2. The lowest BCUT2D eigenvalue weighted by atomic mass is 9.96. The molecule has 2 aliphatic rings. The Morgan fingerprint density at radius 3 is 2.74 bits per heavy atom. The number of rotatable bonds is 5.